The molecule has 0 bridgehead atoms. The Kier molecular flexibility index (Phi) is 3.96. The topological polar surface area (TPSA) is 59.4 Å². The van der Waals surface area contributed by atoms with Crippen LogP contribution in [0.2, 0.25) is 0 Å². The van der Waals surface area contributed by atoms with Crippen LogP contribution in [0, 0.1) is 17.4 Å². The summed E-state index contributed by atoms with van der Waals surface area (Å²) in [6.45, 7) is 3.85. The molecule has 2 aliphatic rings. The fraction of sp³-hybridized carbons (Fsp3) is 0.500. The Balaban J connectivity index is 1.39. The minimum Gasteiger partial charge on any atom is -0.338 e. The minimum atomic E-state index is 0.0255. The third-order valence-electron chi connectivity index (χ3n) is 4.41. The van der Waals surface area contributed by atoms with Crippen LogP contribution in [0.3, 0.4) is 0 Å². The largest absolute Gasteiger partial charge is 0.338 e. The molecule has 1 aromatic carbocycles. The molecular weight excluding hydrogens is 264 g/mol. The zero-order valence-electron chi connectivity index (χ0n) is 12.0. The number of carbonyl (C=O) groups is 1. The van der Waals surface area contributed by atoms with E-state index in [4.69, 9.17) is 5.26 Å². The van der Waals surface area contributed by atoms with Crippen molar-refractivity contribution in [2.75, 3.05) is 32.7 Å². The Morgan fingerprint density at radius 2 is 2.05 bits per heavy atom. The highest BCUT2D eigenvalue weighted by Crippen LogP contribution is 2.26. The Hall–Kier alpha value is -2.22. The molecule has 1 unspecified atom stereocenters. The highest BCUT2D eigenvalue weighted by atomic mass is 16.2. The summed E-state index contributed by atoms with van der Waals surface area (Å²) in [6.07, 6.45) is 3.15. The van der Waals surface area contributed by atoms with E-state index in [1.807, 2.05) is 23.1 Å². The molecule has 1 atom stereocenters. The van der Waals surface area contributed by atoms with Gasteiger partial charge in [0.15, 0.2) is 6.19 Å². The Labute approximate surface area is 125 Å². The summed E-state index contributed by atoms with van der Waals surface area (Å²) >= 11 is 0. The van der Waals surface area contributed by atoms with E-state index in [2.05, 4.69) is 23.6 Å². The second-order valence-corrected chi connectivity index (χ2v) is 5.90. The number of nitrogens with zero attached hydrogens (tertiary/aromatic N) is 3. The quantitative estimate of drug-likeness (QED) is 0.858. The van der Waals surface area contributed by atoms with Crippen molar-refractivity contribution in [1.29, 1.82) is 5.26 Å². The van der Waals surface area contributed by atoms with Gasteiger partial charge in [-0.2, -0.15) is 5.26 Å². The van der Waals surface area contributed by atoms with E-state index in [1.165, 1.54) is 5.56 Å². The summed E-state index contributed by atoms with van der Waals surface area (Å²) < 4.78 is 0. The van der Waals surface area contributed by atoms with Gasteiger partial charge in [0.1, 0.15) is 0 Å². The predicted octanol–water partition coefficient (Wildman–Crippen LogP) is 1.60. The molecule has 2 aliphatic heterocycles. The molecule has 110 valence electrons. The van der Waals surface area contributed by atoms with Crippen LogP contribution in [0.4, 0.5) is 4.79 Å². The smallest absolute Gasteiger partial charge is 0.317 e. The van der Waals surface area contributed by atoms with Gasteiger partial charge in [-0.1, -0.05) is 30.3 Å². The minimum absolute atomic E-state index is 0.0255. The monoisotopic (exact) mass is 284 g/mol. The van der Waals surface area contributed by atoms with Gasteiger partial charge in [-0.25, -0.2) is 4.79 Å². The standard InChI is InChI=1S/C16H20N4O/c17-12-19-7-6-13(9-19)8-18-16(21)20-10-15(11-20)14-4-2-1-3-5-14/h1-5,13,15H,6-11H2,(H,18,21). The number of hydrogen-bond donors (Lipinski definition) is 1. The van der Waals surface area contributed by atoms with E-state index in [-0.39, 0.29) is 6.03 Å². The van der Waals surface area contributed by atoms with Crippen LogP contribution < -0.4 is 5.32 Å². The molecule has 2 saturated heterocycles. The number of amides is 2. The number of nitriles is 1. The van der Waals surface area contributed by atoms with Crippen molar-refractivity contribution in [3.63, 3.8) is 0 Å². The van der Waals surface area contributed by atoms with Crippen molar-refractivity contribution in [3.05, 3.63) is 35.9 Å². The number of carbonyl (C=O) groups excluding carboxylic acids is 1. The maximum Gasteiger partial charge on any atom is 0.317 e. The van der Waals surface area contributed by atoms with Crippen LogP contribution in [0.1, 0.15) is 17.9 Å². The summed E-state index contributed by atoms with van der Waals surface area (Å²) in [7, 11) is 0. The lowest BCUT2D eigenvalue weighted by molar-refractivity contribution is 0.150. The molecule has 2 heterocycles. The van der Waals surface area contributed by atoms with Gasteiger partial charge >= 0.3 is 6.03 Å². The zero-order chi connectivity index (χ0) is 14.7. The number of benzene rings is 1. The number of rotatable bonds is 3. The molecule has 0 radical (unpaired) electrons. The molecule has 5 nitrogen and oxygen atoms in total. The second kappa shape index (κ2) is 6.04. The number of urea groups is 1. The first kappa shape index (κ1) is 13.7. The van der Waals surface area contributed by atoms with Crippen LogP contribution in [-0.2, 0) is 0 Å². The van der Waals surface area contributed by atoms with Crippen LogP contribution >= 0.6 is 0 Å². The molecule has 1 N–H and O–H groups in total. The van der Waals surface area contributed by atoms with Crippen molar-refractivity contribution < 1.29 is 4.79 Å². The molecule has 1 aromatic rings. The average Bonchev–Trinajstić information content (AvgIpc) is 2.93. The van der Waals surface area contributed by atoms with Crippen molar-refractivity contribution in [3.8, 4) is 6.19 Å². The summed E-state index contributed by atoms with van der Waals surface area (Å²) in [4.78, 5) is 15.7. The van der Waals surface area contributed by atoms with Gasteiger partial charge < -0.3 is 15.1 Å². The molecule has 21 heavy (non-hydrogen) atoms. The van der Waals surface area contributed by atoms with Crippen molar-refractivity contribution in [2.24, 2.45) is 5.92 Å². The maximum absolute atomic E-state index is 12.0. The van der Waals surface area contributed by atoms with E-state index in [1.54, 1.807) is 4.90 Å². The van der Waals surface area contributed by atoms with Gasteiger partial charge in [0.25, 0.3) is 0 Å². The lowest BCUT2D eigenvalue weighted by atomic mass is 9.92. The number of likely N-dealkylation sites (tertiary alicyclic amines) is 2. The molecule has 5 heteroatoms. The normalized spacial score (nSPS) is 21.8. The van der Waals surface area contributed by atoms with E-state index >= 15 is 0 Å². The van der Waals surface area contributed by atoms with Crippen LogP contribution in [0.25, 0.3) is 0 Å². The lowest BCUT2D eigenvalue weighted by Gasteiger charge is -2.39. The summed E-state index contributed by atoms with van der Waals surface area (Å²) in [5, 5.41) is 11.8. The zero-order valence-corrected chi connectivity index (χ0v) is 12.0. The first-order valence-corrected chi connectivity index (χ1v) is 7.48. The summed E-state index contributed by atoms with van der Waals surface area (Å²) in [5.41, 5.74) is 1.31. The summed E-state index contributed by atoms with van der Waals surface area (Å²) in [5.74, 6) is 0.873. The second-order valence-electron chi connectivity index (χ2n) is 5.90. The van der Waals surface area contributed by atoms with Crippen LogP contribution in [0.5, 0.6) is 0 Å². The predicted molar refractivity (Wildman–Crippen MR) is 79.4 cm³/mol. The molecule has 2 fully saturated rings. The fourth-order valence-corrected chi connectivity index (χ4v) is 3.01. The van der Waals surface area contributed by atoms with E-state index in [0.29, 0.717) is 18.4 Å². The first-order chi connectivity index (χ1) is 10.3. The summed E-state index contributed by atoms with van der Waals surface area (Å²) in [6, 6.07) is 10.4. The Bertz CT molecular complexity index is 533. The highest BCUT2D eigenvalue weighted by molar-refractivity contribution is 5.75. The van der Waals surface area contributed by atoms with E-state index in [9.17, 15) is 4.79 Å². The number of nitrogens with one attached hydrogen (secondary N) is 1. The third-order valence-corrected chi connectivity index (χ3v) is 4.41. The van der Waals surface area contributed by atoms with E-state index < -0.39 is 0 Å². The third kappa shape index (κ3) is 3.10. The van der Waals surface area contributed by atoms with Crippen molar-refractivity contribution >= 4 is 6.03 Å². The molecule has 0 saturated carbocycles. The van der Waals surface area contributed by atoms with Gasteiger partial charge in [-0.3, -0.25) is 0 Å². The van der Waals surface area contributed by atoms with Crippen LogP contribution in [-0.4, -0.2) is 48.6 Å². The van der Waals surface area contributed by atoms with Gasteiger partial charge in [0, 0.05) is 38.6 Å². The van der Waals surface area contributed by atoms with Gasteiger partial charge in [0.2, 0.25) is 0 Å². The Morgan fingerprint density at radius 3 is 2.71 bits per heavy atom. The molecule has 0 aromatic heterocycles. The van der Waals surface area contributed by atoms with Gasteiger partial charge in [0.05, 0.1) is 0 Å². The Morgan fingerprint density at radius 1 is 1.29 bits per heavy atom. The average molecular weight is 284 g/mol. The number of hydrogen-bond acceptors (Lipinski definition) is 3. The van der Waals surface area contributed by atoms with Crippen LogP contribution in [0.15, 0.2) is 30.3 Å². The van der Waals surface area contributed by atoms with Gasteiger partial charge in [-0.05, 0) is 17.9 Å². The lowest BCUT2D eigenvalue weighted by Crippen LogP contribution is -2.53. The van der Waals surface area contributed by atoms with Crippen molar-refractivity contribution in [2.45, 2.75) is 12.3 Å². The maximum atomic E-state index is 12.0. The van der Waals surface area contributed by atoms with E-state index in [0.717, 1.165) is 32.6 Å². The van der Waals surface area contributed by atoms with Crippen molar-refractivity contribution in [1.82, 2.24) is 15.1 Å². The first-order valence-electron chi connectivity index (χ1n) is 7.48. The molecular formula is C16H20N4O. The SMILES string of the molecule is N#CN1CCC(CNC(=O)N2CC(c3ccccc3)C2)C1. The highest BCUT2D eigenvalue weighted by Gasteiger charge is 2.32. The molecule has 3 rings (SSSR count). The molecule has 2 amide bonds. The molecule has 0 spiro atoms. The van der Waals surface area contributed by atoms with Gasteiger partial charge in [-0.15, -0.1) is 0 Å². The fourth-order valence-electron chi connectivity index (χ4n) is 3.01. The molecule has 0 aliphatic carbocycles.